The van der Waals surface area contributed by atoms with Gasteiger partial charge in [0.15, 0.2) is 0 Å². The average molecular weight is 307 g/mol. The average Bonchev–Trinajstić information content (AvgIpc) is 2.45. The molecular weight excluding hydrogens is 290 g/mol. The fraction of sp³-hybridized carbons (Fsp3) is 0.200. The maximum atomic E-state index is 11.0. The molecule has 0 spiro atoms. The first kappa shape index (κ1) is 15.5. The van der Waals surface area contributed by atoms with Gasteiger partial charge < -0.3 is 10.5 Å². The summed E-state index contributed by atoms with van der Waals surface area (Å²) in [5, 5.41) is 0. The third-order valence-corrected chi connectivity index (χ3v) is 3.29. The first-order valence-electron chi connectivity index (χ1n) is 6.37. The first-order valence-corrected chi connectivity index (χ1v) is 8.18. The van der Waals surface area contributed by atoms with Crippen LogP contribution in [0.5, 0.6) is 11.5 Å². The first-order chi connectivity index (χ1) is 9.94. The molecule has 0 bridgehead atoms. The van der Waals surface area contributed by atoms with Gasteiger partial charge in [-0.25, -0.2) is 0 Å². The molecule has 2 aromatic rings. The van der Waals surface area contributed by atoms with Gasteiger partial charge in [-0.1, -0.05) is 30.3 Å². The van der Waals surface area contributed by atoms with E-state index in [9.17, 15) is 8.42 Å². The van der Waals surface area contributed by atoms with Crippen LogP contribution in [0.25, 0.3) is 0 Å². The third-order valence-electron chi connectivity index (χ3n) is 2.73. The Bertz CT molecular complexity index is 686. The lowest BCUT2D eigenvalue weighted by atomic mass is 10.1. The van der Waals surface area contributed by atoms with Crippen molar-refractivity contribution in [3.63, 3.8) is 0 Å². The molecule has 5 nitrogen and oxygen atoms in total. The summed E-state index contributed by atoms with van der Waals surface area (Å²) in [5.74, 6) is 1.35. The minimum absolute atomic E-state index is 0.104. The predicted molar refractivity (Wildman–Crippen MR) is 80.7 cm³/mol. The molecule has 0 aliphatic carbocycles. The van der Waals surface area contributed by atoms with Crippen molar-refractivity contribution in [3.8, 4) is 11.5 Å². The van der Waals surface area contributed by atoms with E-state index in [4.69, 9.17) is 14.7 Å². The molecule has 0 aliphatic heterocycles. The van der Waals surface area contributed by atoms with Crippen molar-refractivity contribution in [1.82, 2.24) is 0 Å². The molecule has 21 heavy (non-hydrogen) atoms. The largest absolute Gasteiger partial charge is 0.457 e. The van der Waals surface area contributed by atoms with Crippen molar-refractivity contribution < 1.29 is 17.3 Å². The number of hydrogen-bond donors (Lipinski definition) is 1. The maximum Gasteiger partial charge on any atom is 0.264 e. The van der Waals surface area contributed by atoms with E-state index in [2.05, 4.69) is 0 Å². The van der Waals surface area contributed by atoms with E-state index in [-0.39, 0.29) is 6.61 Å². The third kappa shape index (κ3) is 5.18. The van der Waals surface area contributed by atoms with Gasteiger partial charge in [0, 0.05) is 0 Å². The highest BCUT2D eigenvalue weighted by Gasteiger charge is 2.11. The van der Waals surface area contributed by atoms with Crippen molar-refractivity contribution in [3.05, 3.63) is 60.2 Å². The van der Waals surface area contributed by atoms with Crippen LogP contribution < -0.4 is 10.5 Å². The second kappa shape index (κ2) is 6.71. The van der Waals surface area contributed by atoms with E-state index in [1.165, 1.54) is 0 Å². The van der Waals surface area contributed by atoms with Crippen LogP contribution in [-0.4, -0.2) is 21.3 Å². The molecule has 112 valence electrons. The highest BCUT2D eigenvalue weighted by molar-refractivity contribution is 7.85. The van der Waals surface area contributed by atoms with Crippen LogP contribution >= 0.6 is 0 Å². The van der Waals surface area contributed by atoms with E-state index in [1.807, 2.05) is 30.3 Å². The zero-order valence-corrected chi connectivity index (χ0v) is 12.4. The smallest absolute Gasteiger partial charge is 0.264 e. The Morgan fingerprint density at radius 3 is 2.38 bits per heavy atom. The SMILES string of the molecule is CS(=O)(=O)OC[C@H](N)c1cccc(Oc2ccccc2)c1. The normalized spacial score (nSPS) is 12.9. The summed E-state index contributed by atoms with van der Waals surface area (Å²) in [5.41, 5.74) is 6.66. The summed E-state index contributed by atoms with van der Waals surface area (Å²) in [7, 11) is -3.50. The van der Waals surface area contributed by atoms with Crippen LogP contribution in [0.1, 0.15) is 11.6 Å². The molecule has 0 radical (unpaired) electrons. The predicted octanol–water partition coefficient (Wildman–Crippen LogP) is 2.45. The van der Waals surface area contributed by atoms with Gasteiger partial charge in [0.05, 0.1) is 18.9 Å². The topological polar surface area (TPSA) is 78.6 Å². The van der Waals surface area contributed by atoms with Crippen molar-refractivity contribution in [2.75, 3.05) is 12.9 Å². The van der Waals surface area contributed by atoms with E-state index < -0.39 is 16.2 Å². The number of nitrogens with two attached hydrogens (primary N) is 1. The molecule has 6 heteroatoms. The second-order valence-electron chi connectivity index (χ2n) is 4.58. The Hall–Kier alpha value is -1.89. The highest BCUT2D eigenvalue weighted by Crippen LogP contribution is 2.24. The Morgan fingerprint density at radius 2 is 1.71 bits per heavy atom. The molecule has 0 saturated carbocycles. The molecule has 0 saturated heterocycles. The highest BCUT2D eigenvalue weighted by atomic mass is 32.2. The maximum absolute atomic E-state index is 11.0. The Morgan fingerprint density at radius 1 is 1.05 bits per heavy atom. The number of benzene rings is 2. The summed E-state index contributed by atoms with van der Waals surface area (Å²) >= 11 is 0. The van der Waals surface area contributed by atoms with Gasteiger partial charge in [-0.05, 0) is 29.8 Å². The van der Waals surface area contributed by atoms with Crippen LogP contribution in [0, 0.1) is 0 Å². The van der Waals surface area contributed by atoms with Crippen LogP contribution in [-0.2, 0) is 14.3 Å². The Labute approximate surface area is 124 Å². The second-order valence-corrected chi connectivity index (χ2v) is 6.23. The van der Waals surface area contributed by atoms with Crippen LogP contribution in [0.15, 0.2) is 54.6 Å². The van der Waals surface area contributed by atoms with Crippen molar-refractivity contribution in [2.45, 2.75) is 6.04 Å². The molecule has 0 amide bonds. The zero-order valence-electron chi connectivity index (χ0n) is 11.6. The number of para-hydroxylation sites is 1. The fourth-order valence-corrected chi connectivity index (χ4v) is 2.12. The van der Waals surface area contributed by atoms with Gasteiger partial charge in [0.1, 0.15) is 11.5 Å². The van der Waals surface area contributed by atoms with Crippen molar-refractivity contribution in [2.24, 2.45) is 5.73 Å². The monoisotopic (exact) mass is 307 g/mol. The Balaban J connectivity index is 2.07. The van der Waals surface area contributed by atoms with Gasteiger partial charge in [0.25, 0.3) is 10.1 Å². The molecule has 0 fully saturated rings. The molecule has 0 aliphatic rings. The van der Waals surface area contributed by atoms with Gasteiger partial charge >= 0.3 is 0 Å². The summed E-state index contributed by atoms with van der Waals surface area (Å²) < 4.78 is 32.4. The minimum Gasteiger partial charge on any atom is -0.457 e. The molecular formula is C15H17NO4S. The van der Waals surface area contributed by atoms with E-state index in [1.54, 1.807) is 24.3 Å². The molecule has 0 unspecified atom stereocenters. The Kier molecular flexibility index (Phi) is 4.95. The fourth-order valence-electron chi connectivity index (χ4n) is 1.73. The summed E-state index contributed by atoms with van der Waals surface area (Å²) in [4.78, 5) is 0. The van der Waals surface area contributed by atoms with Gasteiger partial charge in [-0.2, -0.15) is 8.42 Å². The molecule has 2 rings (SSSR count). The van der Waals surface area contributed by atoms with Crippen molar-refractivity contribution in [1.29, 1.82) is 0 Å². The molecule has 2 aromatic carbocycles. The summed E-state index contributed by atoms with van der Waals surface area (Å²) in [6, 6.07) is 16.0. The quantitative estimate of drug-likeness (QED) is 0.829. The molecule has 1 atom stereocenters. The van der Waals surface area contributed by atoms with Gasteiger partial charge in [-0.15, -0.1) is 0 Å². The van der Waals surface area contributed by atoms with Gasteiger partial charge in [0.2, 0.25) is 0 Å². The summed E-state index contributed by atoms with van der Waals surface area (Å²) in [6.45, 7) is -0.104. The molecule has 0 heterocycles. The van der Waals surface area contributed by atoms with Crippen LogP contribution in [0.2, 0.25) is 0 Å². The van der Waals surface area contributed by atoms with E-state index in [0.29, 0.717) is 5.75 Å². The van der Waals surface area contributed by atoms with Crippen LogP contribution in [0.4, 0.5) is 0 Å². The van der Waals surface area contributed by atoms with Crippen molar-refractivity contribution >= 4 is 10.1 Å². The zero-order chi connectivity index (χ0) is 15.3. The lowest BCUT2D eigenvalue weighted by Crippen LogP contribution is -2.19. The van der Waals surface area contributed by atoms with Crippen LogP contribution in [0.3, 0.4) is 0 Å². The van der Waals surface area contributed by atoms with E-state index in [0.717, 1.165) is 17.6 Å². The number of rotatable bonds is 6. The lowest BCUT2D eigenvalue weighted by Gasteiger charge is -2.13. The van der Waals surface area contributed by atoms with E-state index >= 15 is 0 Å². The summed E-state index contributed by atoms with van der Waals surface area (Å²) in [6.07, 6.45) is 0.995. The molecule has 2 N–H and O–H groups in total. The number of hydrogen-bond acceptors (Lipinski definition) is 5. The molecule has 0 aromatic heterocycles. The lowest BCUT2D eigenvalue weighted by molar-refractivity contribution is 0.296. The van der Waals surface area contributed by atoms with Gasteiger partial charge in [-0.3, -0.25) is 4.18 Å². The number of ether oxygens (including phenoxy) is 1. The standard InChI is InChI=1S/C15H17NO4S/c1-21(17,18)19-11-15(16)12-6-5-9-14(10-12)20-13-7-3-2-4-8-13/h2-10,15H,11,16H2,1H3/t15-/m0/s1. The minimum atomic E-state index is -3.50.